The molecule has 1 aromatic carbocycles. The Kier molecular flexibility index (Phi) is 5.03. The molecule has 1 aliphatic rings. The summed E-state index contributed by atoms with van der Waals surface area (Å²) in [5.41, 5.74) is 1.01. The largest absolute Gasteiger partial charge is 0.396 e. The van der Waals surface area contributed by atoms with Gasteiger partial charge in [0.1, 0.15) is 6.23 Å². The van der Waals surface area contributed by atoms with Crippen molar-refractivity contribution in [3.8, 4) is 0 Å². The number of nitrogens with zero attached hydrogens (tertiary/aromatic N) is 1. The van der Waals surface area contributed by atoms with Gasteiger partial charge in [0, 0.05) is 13.0 Å². The van der Waals surface area contributed by atoms with Crippen molar-refractivity contribution in [2.45, 2.75) is 44.4 Å². The van der Waals surface area contributed by atoms with Crippen molar-refractivity contribution in [2.75, 3.05) is 13.2 Å². The third-order valence-electron chi connectivity index (χ3n) is 3.81. The summed E-state index contributed by atoms with van der Waals surface area (Å²) in [7, 11) is -3.62. The van der Waals surface area contributed by atoms with E-state index in [2.05, 4.69) is 0 Å². The molecule has 21 heavy (non-hydrogen) atoms. The predicted octanol–water partition coefficient (Wildman–Crippen LogP) is 1.75. The van der Waals surface area contributed by atoms with Crippen LogP contribution in [0.1, 0.15) is 25.8 Å². The highest BCUT2D eigenvalue weighted by atomic mass is 32.2. The van der Waals surface area contributed by atoms with Crippen molar-refractivity contribution in [3.63, 3.8) is 0 Å². The average molecular weight is 313 g/mol. The summed E-state index contributed by atoms with van der Waals surface area (Å²) in [6, 6.07) is 6.62. The highest BCUT2D eigenvalue weighted by Gasteiger charge is 2.44. The zero-order valence-corrected chi connectivity index (χ0v) is 13.5. The Morgan fingerprint density at radius 1 is 1.33 bits per heavy atom. The van der Waals surface area contributed by atoms with Crippen LogP contribution < -0.4 is 0 Å². The predicted molar refractivity (Wildman–Crippen MR) is 80.3 cm³/mol. The number of rotatable bonds is 5. The maximum absolute atomic E-state index is 12.9. The molecule has 1 N–H and O–H groups in total. The lowest BCUT2D eigenvalue weighted by atomic mass is 10.1. The Morgan fingerprint density at radius 3 is 2.48 bits per heavy atom. The van der Waals surface area contributed by atoms with Gasteiger partial charge in [-0.15, -0.1) is 0 Å². The van der Waals surface area contributed by atoms with Gasteiger partial charge in [-0.1, -0.05) is 31.5 Å². The fraction of sp³-hybridized carbons (Fsp3) is 0.600. The van der Waals surface area contributed by atoms with Gasteiger partial charge in [0.15, 0.2) is 0 Å². The molecule has 0 radical (unpaired) electrons. The first-order chi connectivity index (χ1) is 9.87. The molecule has 0 saturated carbocycles. The molecule has 0 aliphatic carbocycles. The highest BCUT2D eigenvalue weighted by Crippen LogP contribution is 2.31. The second kappa shape index (κ2) is 6.44. The second-order valence-electron chi connectivity index (χ2n) is 5.76. The fourth-order valence-corrected chi connectivity index (χ4v) is 4.40. The SMILES string of the molecule is Cc1ccc(S(=O)(=O)N2[C@@H](CCO)OC[C@H]2C(C)C)cc1. The summed E-state index contributed by atoms with van der Waals surface area (Å²) in [5.74, 6) is 0.147. The molecule has 118 valence electrons. The van der Waals surface area contributed by atoms with Crippen LogP contribution in [0.2, 0.25) is 0 Å². The number of hydrogen-bond donors (Lipinski definition) is 1. The van der Waals surface area contributed by atoms with Gasteiger partial charge in [-0.25, -0.2) is 8.42 Å². The Balaban J connectivity index is 2.39. The molecule has 5 nitrogen and oxygen atoms in total. The van der Waals surface area contributed by atoms with Crippen LogP contribution in [0.25, 0.3) is 0 Å². The molecule has 1 aliphatic heterocycles. The molecule has 0 amide bonds. The van der Waals surface area contributed by atoms with Crippen LogP contribution >= 0.6 is 0 Å². The number of ether oxygens (including phenoxy) is 1. The molecule has 1 aromatic rings. The minimum atomic E-state index is -3.62. The lowest BCUT2D eigenvalue weighted by Crippen LogP contribution is -2.44. The van der Waals surface area contributed by atoms with E-state index in [4.69, 9.17) is 9.84 Å². The average Bonchev–Trinajstić information content (AvgIpc) is 2.84. The topological polar surface area (TPSA) is 66.8 Å². The van der Waals surface area contributed by atoms with Crippen LogP contribution in [0.15, 0.2) is 29.2 Å². The monoisotopic (exact) mass is 313 g/mol. The van der Waals surface area contributed by atoms with Crippen LogP contribution in [0.4, 0.5) is 0 Å². The standard InChI is InChI=1S/C15H23NO4S/c1-11(2)14-10-20-15(8-9-17)16(14)21(18,19)13-6-4-12(3)5-7-13/h4-7,11,14-15,17H,8-10H2,1-3H3/t14-,15+/m0/s1. The van der Waals surface area contributed by atoms with E-state index in [9.17, 15) is 8.42 Å². The summed E-state index contributed by atoms with van der Waals surface area (Å²) in [6.07, 6.45) is -0.303. The van der Waals surface area contributed by atoms with E-state index >= 15 is 0 Å². The van der Waals surface area contributed by atoms with Crippen LogP contribution in [-0.4, -0.2) is 43.3 Å². The molecule has 1 saturated heterocycles. The number of benzene rings is 1. The van der Waals surface area contributed by atoms with Crippen LogP contribution in [0.3, 0.4) is 0 Å². The maximum Gasteiger partial charge on any atom is 0.245 e. The molecule has 2 atom stereocenters. The van der Waals surface area contributed by atoms with Gasteiger partial charge in [-0.05, 0) is 25.0 Å². The molecular weight excluding hydrogens is 290 g/mol. The smallest absolute Gasteiger partial charge is 0.245 e. The Bertz CT molecular complexity index is 568. The first-order valence-electron chi connectivity index (χ1n) is 7.20. The van der Waals surface area contributed by atoms with E-state index in [-0.39, 0.29) is 29.9 Å². The normalized spacial score (nSPS) is 23.9. The van der Waals surface area contributed by atoms with Crippen LogP contribution in [0, 0.1) is 12.8 Å². The van der Waals surface area contributed by atoms with Gasteiger partial charge in [-0.3, -0.25) is 0 Å². The summed E-state index contributed by atoms with van der Waals surface area (Å²) >= 11 is 0. The minimum Gasteiger partial charge on any atom is -0.396 e. The van der Waals surface area contributed by atoms with Gasteiger partial charge >= 0.3 is 0 Å². The number of aryl methyl sites for hydroxylation is 1. The third kappa shape index (κ3) is 3.29. The molecule has 0 bridgehead atoms. The van der Waals surface area contributed by atoms with Crippen molar-refractivity contribution in [3.05, 3.63) is 29.8 Å². The zero-order valence-electron chi connectivity index (χ0n) is 12.7. The van der Waals surface area contributed by atoms with Gasteiger partial charge in [0.25, 0.3) is 0 Å². The quantitative estimate of drug-likeness (QED) is 0.899. The van der Waals surface area contributed by atoms with E-state index < -0.39 is 16.3 Å². The Hall–Kier alpha value is -0.950. The fourth-order valence-electron chi connectivity index (χ4n) is 2.54. The first kappa shape index (κ1) is 16.4. The van der Waals surface area contributed by atoms with Crippen LogP contribution in [0.5, 0.6) is 0 Å². The van der Waals surface area contributed by atoms with E-state index in [0.717, 1.165) is 5.56 Å². The van der Waals surface area contributed by atoms with E-state index in [1.807, 2.05) is 20.8 Å². The van der Waals surface area contributed by atoms with E-state index in [1.165, 1.54) is 4.31 Å². The third-order valence-corrected chi connectivity index (χ3v) is 5.74. The molecular formula is C15H23NO4S. The maximum atomic E-state index is 12.9. The first-order valence-corrected chi connectivity index (χ1v) is 8.64. The number of aliphatic hydroxyl groups is 1. The van der Waals surface area contributed by atoms with E-state index in [1.54, 1.807) is 24.3 Å². The summed E-state index contributed by atoms with van der Waals surface area (Å²) in [5, 5.41) is 9.14. The van der Waals surface area contributed by atoms with Gasteiger partial charge < -0.3 is 9.84 Å². The number of aliphatic hydroxyl groups excluding tert-OH is 1. The molecule has 0 spiro atoms. The van der Waals surface area contributed by atoms with Crippen LogP contribution in [-0.2, 0) is 14.8 Å². The van der Waals surface area contributed by atoms with Crippen molar-refractivity contribution in [1.29, 1.82) is 0 Å². The summed E-state index contributed by atoms with van der Waals surface area (Å²) in [6.45, 7) is 6.14. The molecule has 0 unspecified atom stereocenters. The summed E-state index contributed by atoms with van der Waals surface area (Å²) < 4.78 is 32.8. The summed E-state index contributed by atoms with van der Waals surface area (Å²) in [4.78, 5) is 0.271. The molecule has 0 aromatic heterocycles. The Labute approximate surface area is 126 Å². The Morgan fingerprint density at radius 2 is 1.95 bits per heavy atom. The molecule has 1 fully saturated rings. The highest BCUT2D eigenvalue weighted by molar-refractivity contribution is 7.89. The molecule has 2 rings (SSSR count). The van der Waals surface area contributed by atoms with Gasteiger partial charge in [-0.2, -0.15) is 4.31 Å². The lowest BCUT2D eigenvalue weighted by molar-refractivity contribution is 0.0460. The lowest BCUT2D eigenvalue weighted by Gasteiger charge is -2.29. The van der Waals surface area contributed by atoms with Crippen molar-refractivity contribution in [2.24, 2.45) is 5.92 Å². The van der Waals surface area contributed by atoms with Gasteiger partial charge in [0.05, 0.1) is 17.5 Å². The molecule has 6 heteroatoms. The van der Waals surface area contributed by atoms with E-state index in [0.29, 0.717) is 6.61 Å². The van der Waals surface area contributed by atoms with Crippen molar-refractivity contribution >= 4 is 10.0 Å². The zero-order chi connectivity index (χ0) is 15.6. The number of hydrogen-bond acceptors (Lipinski definition) is 4. The van der Waals surface area contributed by atoms with Crippen molar-refractivity contribution in [1.82, 2.24) is 4.31 Å². The minimum absolute atomic E-state index is 0.102. The van der Waals surface area contributed by atoms with Gasteiger partial charge in [0.2, 0.25) is 10.0 Å². The van der Waals surface area contributed by atoms with Crippen molar-refractivity contribution < 1.29 is 18.3 Å². The second-order valence-corrected chi connectivity index (χ2v) is 7.60. The number of sulfonamides is 1. The molecule has 1 heterocycles.